The molecule has 0 saturated carbocycles. The Morgan fingerprint density at radius 3 is 2.93 bits per heavy atom. The topological polar surface area (TPSA) is 16.1 Å². The van der Waals surface area contributed by atoms with E-state index >= 15 is 0 Å². The Hall–Kier alpha value is -0.900. The summed E-state index contributed by atoms with van der Waals surface area (Å²) in [6.07, 6.45) is 3.32. The molecule has 0 aromatic carbocycles. The van der Waals surface area contributed by atoms with Crippen molar-refractivity contribution in [3.63, 3.8) is 0 Å². The molecular formula is C10H12BrFN2. The summed E-state index contributed by atoms with van der Waals surface area (Å²) in [6.45, 7) is 6.88. The molecule has 0 fully saturated rings. The van der Waals surface area contributed by atoms with Gasteiger partial charge in [0, 0.05) is 23.8 Å². The molecule has 0 bridgehead atoms. The van der Waals surface area contributed by atoms with Crippen LogP contribution in [-0.2, 0) is 0 Å². The molecule has 0 spiro atoms. The molecule has 0 saturated heterocycles. The third-order valence-electron chi connectivity index (χ3n) is 1.82. The second-order valence-corrected chi connectivity index (χ2v) is 3.70. The minimum absolute atomic E-state index is 0.317. The van der Waals surface area contributed by atoms with Crippen LogP contribution in [0.4, 0.5) is 10.2 Å². The van der Waals surface area contributed by atoms with E-state index in [0.29, 0.717) is 23.4 Å². The van der Waals surface area contributed by atoms with Gasteiger partial charge >= 0.3 is 0 Å². The molecule has 0 atom stereocenters. The Bertz CT molecular complexity index is 328. The minimum Gasteiger partial charge on any atom is -0.351 e. The van der Waals surface area contributed by atoms with Gasteiger partial charge in [-0.15, -0.1) is 6.58 Å². The minimum atomic E-state index is -0.317. The van der Waals surface area contributed by atoms with Crippen LogP contribution < -0.4 is 4.90 Å². The molecule has 1 aromatic rings. The smallest absolute Gasteiger partial charge is 0.166 e. The number of rotatable bonds is 4. The normalized spacial score (nSPS) is 9.93. The number of anilines is 1. The zero-order valence-electron chi connectivity index (χ0n) is 8.00. The van der Waals surface area contributed by atoms with E-state index in [1.54, 1.807) is 12.3 Å². The second-order valence-electron chi connectivity index (χ2n) is 2.79. The van der Waals surface area contributed by atoms with Crippen LogP contribution in [0.5, 0.6) is 0 Å². The predicted molar refractivity (Wildman–Crippen MR) is 60.0 cm³/mol. The highest BCUT2D eigenvalue weighted by Gasteiger charge is 2.10. The third-order valence-corrected chi connectivity index (χ3v) is 2.25. The van der Waals surface area contributed by atoms with Crippen LogP contribution in [0.15, 0.2) is 29.4 Å². The van der Waals surface area contributed by atoms with Crippen molar-refractivity contribution >= 4 is 21.7 Å². The fourth-order valence-electron chi connectivity index (χ4n) is 1.16. The van der Waals surface area contributed by atoms with Crippen LogP contribution in [0.1, 0.15) is 6.92 Å². The average molecular weight is 259 g/mol. The lowest BCUT2D eigenvalue weighted by molar-refractivity contribution is 0.613. The fraction of sp³-hybridized carbons (Fsp3) is 0.300. The van der Waals surface area contributed by atoms with E-state index in [4.69, 9.17) is 0 Å². The second kappa shape index (κ2) is 5.10. The Morgan fingerprint density at radius 2 is 2.43 bits per heavy atom. The fourth-order valence-corrected chi connectivity index (χ4v) is 1.46. The van der Waals surface area contributed by atoms with Crippen molar-refractivity contribution in [2.75, 3.05) is 18.0 Å². The Morgan fingerprint density at radius 1 is 1.71 bits per heavy atom. The maximum absolute atomic E-state index is 13.4. The molecule has 0 amide bonds. The molecule has 4 heteroatoms. The summed E-state index contributed by atoms with van der Waals surface area (Å²) >= 11 is 3.17. The quantitative estimate of drug-likeness (QED) is 0.773. The Kier molecular flexibility index (Phi) is 4.07. The largest absolute Gasteiger partial charge is 0.351 e. The third kappa shape index (κ3) is 2.54. The van der Waals surface area contributed by atoms with E-state index < -0.39 is 0 Å². The van der Waals surface area contributed by atoms with Crippen molar-refractivity contribution in [2.45, 2.75) is 6.92 Å². The molecule has 1 aromatic heterocycles. The lowest BCUT2D eigenvalue weighted by Crippen LogP contribution is -2.24. The van der Waals surface area contributed by atoms with Crippen LogP contribution >= 0.6 is 15.9 Å². The molecule has 1 rings (SSSR count). The number of hydrogen-bond acceptors (Lipinski definition) is 2. The van der Waals surface area contributed by atoms with Crippen molar-refractivity contribution < 1.29 is 4.39 Å². The van der Waals surface area contributed by atoms with Gasteiger partial charge < -0.3 is 4.90 Å². The summed E-state index contributed by atoms with van der Waals surface area (Å²) in [5.74, 6) is 0.0543. The highest BCUT2D eigenvalue weighted by molar-refractivity contribution is 9.10. The first kappa shape index (κ1) is 11.2. The molecule has 14 heavy (non-hydrogen) atoms. The lowest BCUT2D eigenvalue weighted by Gasteiger charge is -2.20. The van der Waals surface area contributed by atoms with Gasteiger partial charge in [-0.2, -0.15) is 0 Å². The highest BCUT2D eigenvalue weighted by atomic mass is 79.9. The first-order chi connectivity index (χ1) is 6.69. The molecule has 0 N–H and O–H groups in total. The SMILES string of the molecule is C=CCN(CC)c1ncc(Br)cc1F. The number of likely N-dealkylation sites (N-methyl/N-ethyl adjacent to an activating group) is 1. The number of halogens is 2. The Labute approximate surface area is 91.6 Å². The van der Waals surface area contributed by atoms with Gasteiger partial charge in [-0.05, 0) is 28.9 Å². The van der Waals surface area contributed by atoms with E-state index in [9.17, 15) is 4.39 Å². The van der Waals surface area contributed by atoms with Crippen LogP contribution in [0.3, 0.4) is 0 Å². The molecule has 76 valence electrons. The molecule has 0 aliphatic carbocycles. The van der Waals surface area contributed by atoms with Gasteiger partial charge in [-0.1, -0.05) is 6.08 Å². The monoisotopic (exact) mass is 258 g/mol. The van der Waals surface area contributed by atoms with E-state index in [2.05, 4.69) is 27.5 Å². The van der Waals surface area contributed by atoms with E-state index in [1.165, 1.54) is 6.07 Å². The number of pyridine rings is 1. The highest BCUT2D eigenvalue weighted by Crippen LogP contribution is 2.19. The van der Waals surface area contributed by atoms with Crippen LogP contribution in [0.25, 0.3) is 0 Å². The first-order valence-electron chi connectivity index (χ1n) is 4.36. The summed E-state index contributed by atoms with van der Waals surface area (Å²) in [7, 11) is 0. The molecule has 0 radical (unpaired) electrons. The molecule has 0 aliphatic heterocycles. The Balaban J connectivity index is 2.97. The maximum atomic E-state index is 13.4. The lowest BCUT2D eigenvalue weighted by atomic mass is 10.4. The predicted octanol–water partition coefficient (Wildman–Crippen LogP) is 3.00. The number of nitrogens with zero attached hydrogens (tertiary/aromatic N) is 2. The van der Waals surface area contributed by atoms with Crippen LogP contribution in [0.2, 0.25) is 0 Å². The van der Waals surface area contributed by atoms with Crippen molar-refractivity contribution in [1.82, 2.24) is 4.98 Å². The van der Waals surface area contributed by atoms with Crippen molar-refractivity contribution in [2.24, 2.45) is 0 Å². The van der Waals surface area contributed by atoms with E-state index in [0.717, 1.165) is 0 Å². The van der Waals surface area contributed by atoms with Gasteiger partial charge in [0.25, 0.3) is 0 Å². The van der Waals surface area contributed by atoms with Gasteiger partial charge in [0.1, 0.15) is 0 Å². The zero-order valence-corrected chi connectivity index (χ0v) is 9.59. The van der Waals surface area contributed by atoms with Gasteiger partial charge in [0.15, 0.2) is 11.6 Å². The average Bonchev–Trinajstić information content (AvgIpc) is 2.15. The summed E-state index contributed by atoms with van der Waals surface area (Å²) in [5.41, 5.74) is 0. The summed E-state index contributed by atoms with van der Waals surface area (Å²) in [4.78, 5) is 5.84. The summed E-state index contributed by atoms with van der Waals surface area (Å²) < 4.78 is 14.1. The molecule has 1 heterocycles. The van der Waals surface area contributed by atoms with Gasteiger partial charge in [-0.25, -0.2) is 9.37 Å². The number of aromatic nitrogens is 1. The van der Waals surface area contributed by atoms with Gasteiger partial charge in [-0.3, -0.25) is 0 Å². The van der Waals surface area contributed by atoms with E-state index in [1.807, 2.05) is 11.8 Å². The summed E-state index contributed by atoms with van der Waals surface area (Å²) in [5, 5.41) is 0. The van der Waals surface area contributed by atoms with Gasteiger partial charge in [0.05, 0.1) is 0 Å². The zero-order chi connectivity index (χ0) is 10.6. The first-order valence-corrected chi connectivity index (χ1v) is 5.15. The molecule has 0 unspecified atom stereocenters. The van der Waals surface area contributed by atoms with Gasteiger partial charge in [0.2, 0.25) is 0 Å². The molecular weight excluding hydrogens is 247 g/mol. The van der Waals surface area contributed by atoms with Crippen molar-refractivity contribution in [1.29, 1.82) is 0 Å². The summed E-state index contributed by atoms with van der Waals surface area (Å²) in [6, 6.07) is 1.41. The number of hydrogen-bond donors (Lipinski definition) is 0. The van der Waals surface area contributed by atoms with Crippen LogP contribution in [-0.4, -0.2) is 18.1 Å². The standard InChI is InChI=1S/C10H12BrFN2/c1-3-5-14(4-2)10-9(12)6-8(11)7-13-10/h3,6-7H,1,4-5H2,2H3. The maximum Gasteiger partial charge on any atom is 0.166 e. The van der Waals surface area contributed by atoms with Crippen LogP contribution in [0, 0.1) is 5.82 Å². The van der Waals surface area contributed by atoms with Crippen molar-refractivity contribution in [3.8, 4) is 0 Å². The van der Waals surface area contributed by atoms with Crippen molar-refractivity contribution in [3.05, 3.63) is 35.2 Å². The molecule has 0 aliphatic rings. The van der Waals surface area contributed by atoms with E-state index in [-0.39, 0.29) is 5.82 Å². The molecule has 2 nitrogen and oxygen atoms in total.